The normalized spacial score (nSPS) is 13.7. The highest BCUT2D eigenvalue weighted by Crippen LogP contribution is 2.11. The van der Waals surface area contributed by atoms with E-state index in [4.69, 9.17) is 14.2 Å². The fraction of sp³-hybridized carbons (Fsp3) is 0.674. The summed E-state index contributed by atoms with van der Waals surface area (Å²) in [4.78, 5) is 36.7. The summed E-state index contributed by atoms with van der Waals surface area (Å²) in [6, 6.07) is -0.740. The number of carboxylic acid groups (broad SMARTS) is 1. The molecule has 0 aromatic rings. The SMILES string of the molecule is CC/C=C/C/C=C/C/C=C/C/C=C/C/C=C/CCCC(=O)OC(COCCC(C(=O)[O-])[N+](C)(C)C)COC(=O)CCCCC/C=C/CCCCCCCC. The minimum atomic E-state index is -1.14. The zero-order chi connectivity index (χ0) is 40.0. The molecule has 0 N–H and O–H groups in total. The Hall–Kier alpha value is -3.23. The molecule has 8 heteroatoms. The van der Waals surface area contributed by atoms with Gasteiger partial charge in [0.2, 0.25) is 0 Å². The van der Waals surface area contributed by atoms with Crippen molar-refractivity contribution in [3.63, 3.8) is 0 Å². The van der Waals surface area contributed by atoms with Crippen LogP contribution < -0.4 is 5.11 Å². The number of rotatable bonds is 36. The monoisotopic (exact) mass is 756 g/mol. The molecule has 308 valence electrons. The first-order valence-electron chi connectivity index (χ1n) is 21.0. The lowest BCUT2D eigenvalue weighted by atomic mass is 10.1. The number of carbonyl (C=O) groups excluding carboxylic acids is 3. The average molecular weight is 756 g/mol. The number of carbonyl (C=O) groups is 3. The van der Waals surface area contributed by atoms with Crippen molar-refractivity contribution in [2.75, 3.05) is 41.0 Å². The highest BCUT2D eigenvalue weighted by Gasteiger charge is 2.25. The molecule has 2 atom stereocenters. The molecule has 0 aliphatic heterocycles. The molecule has 0 saturated heterocycles. The Morgan fingerprint density at radius 1 is 0.574 bits per heavy atom. The van der Waals surface area contributed by atoms with Gasteiger partial charge in [-0.05, 0) is 77.0 Å². The predicted octanol–water partition coefficient (Wildman–Crippen LogP) is 9.85. The molecule has 0 aliphatic carbocycles. The standard InChI is InChI=1S/C46H77NO7/c1-6-8-10-12-14-16-18-20-21-22-23-25-27-29-31-33-35-37-45(49)54-42(40-52-39-38-43(46(50)51)47(3,4)5)41-53-44(48)36-34-32-30-28-26-24-19-17-15-13-11-9-7-2/h8,10,14,16,20-21,23-26,29,31,42-43H,6-7,9,11-13,15,17-19,22,27-28,30,32-41H2,1-5H3/b10-8+,16-14+,21-20+,25-23+,26-24+,31-29+. The molecule has 0 radical (unpaired) electrons. The Morgan fingerprint density at radius 2 is 1.06 bits per heavy atom. The lowest BCUT2D eigenvalue weighted by Gasteiger charge is -2.34. The van der Waals surface area contributed by atoms with Crippen molar-refractivity contribution in [2.45, 2.75) is 161 Å². The van der Waals surface area contributed by atoms with Gasteiger partial charge in [-0.1, -0.05) is 125 Å². The van der Waals surface area contributed by atoms with E-state index in [-0.39, 0.29) is 49.1 Å². The van der Waals surface area contributed by atoms with Crippen LogP contribution in [0.15, 0.2) is 72.9 Å². The number of hydrogen-bond acceptors (Lipinski definition) is 7. The molecule has 0 amide bonds. The third-order valence-corrected chi connectivity index (χ3v) is 8.83. The Bertz CT molecular complexity index is 1110. The first-order valence-corrected chi connectivity index (χ1v) is 21.0. The molecule has 54 heavy (non-hydrogen) atoms. The van der Waals surface area contributed by atoms with Gasteiger partial charge in [-0.25, -0.2) is 0 Å². The first kappa shape index (κ1) is 50.8. The van der Waals surface area contributed by atoms with Gasteiger partial charge in [0.25, 0.3) is 0 Å². The Morgan fingerprint density at radius 3 is 1.61 bits per heavy atom. The maximum Gasteiger partial charge on any atom is 0.306 e. The van der Waals surface area contributed by atoms with Crippen molar-refractivity contribution in [3.8, 4) is 0 Å². The third kappa shape index (κ3) is 34.5. The maximum atomic E-state index is 12.7. The number of hydrogen-bond donors (Lipinski definition) is 0. The topological polar surface area (TPSA) is 102 Å². The van der Waals surface area contributed by atoms with Gasteiger partial charge in [0.15, 0.2) is 6.10 Å². The summed E-state index contributed by atoms with van der Waals surface area (Å²) in [6.07, 6.45) is 45.1. The van der Waals surface area contributed by atoms with Gasteiger partial charge in [0.1, 0.15) is 12.6 Å². The van der Waals surface area contributed by atoms with Gasteiger partial charge in [-0.3, -0.25) is 9.59 Å². The minimum absolute atomic E-state index is 0.00970. The second-order valence-corrected chi connectivity index (χ2v) is 14.8. The summed E-state index contributed by atoms with van der Waals surface area (Å²) >= 11 is 0. The van der Waals surface area contributed by atoms with E-state index < -0.39 is 18.1 Å². The number of nitrogens with zero attached hydrogens (tertiary/aromatic N) is 1. The lowest BCUT2D eigenvalue weighted by molar-refractivity contribution is -0.889. The van der Waals surface area contributed by atoms with Crippen molar-refractivity contribution in [2.24, 2.45) is 0 Å². The zero-order valence-corrected chi connectivity index (χ0v) is 34.9. The number of likely N-dealkylation sites (N-methyl/N-ethyl adjacent to an activating group) is 1. The smallest absolute Gasteiger partial charge is 0.306 e. The van der Waals surface area contributed by atoms with E-state index in [0.717, 1.165) is 70.6 Å². The van der Waals surface area contributed by atoms with Crippen molar-refractivity contribution < 1.29 is 38.2 Å². The van der Waals surface area contributed by atoms with E-state index in [1.807, 2.05) is 0 Å². The van der Waals surface area contributed by atoms with E-state index in [9.17, 15) is 19.5 Å². The second-order valence-electron chi connectivity index (χ2n) is 14.8. The molecule has 0 rings (SSSR count). The number of quaternary nitrogens is 1. The summed E-state index contributed by atoms with van der Waals surface area (Å²) in [7, 11) is 5.37. The van der Waals surface area contributed by atoms with Crippen LogP contribution in [0.5, 0.6) is 0 Å². The second kappa shape index (κ2) is 36.7. The summed E-state index contributed by atoms with van der Waals surface area (Å²) in [6.45, 7) is 4.44. The van der Waals surface area contributed by atoms with Crippen LogP contribution in [0.3, 0.4) is 0 Å². The number of allylic oxidation sites excluding steroid dienone is 12. The van der Waals surface area contributed by atoms with Crippen LogP contribution in [0.4, 0.5) is 0 Å². The molecule has 2 unspecified atom stereocenters. The fourth-order valence-corrected chi connectivity index (χ4v) is 5.57. The van der Waals surface area contributed by atoms with Crippen LogP contribution in [0, 0.1) is 0 Å². The van der Waals surface area contributed by atoms with E-state index in [2.05, 4.69) is 86.8 Å². The highest BCUT2D eigenvalue weighted by molar-refractivity contribution is 5.70. The summed E-state index contributed by atoms with van der Waals surface area (Å²) in [5, 5.41) is 11.6. The molecule has 0 aliphatic rings. The van der Waals surface area contributed by atoms with E-state index >= 15 is 0 Å². The van der Waals surface area contributed by atoms with Gasteiger partial charge < -0.3 is 28.6 Å². The van der Waals surface area contributed by atoms with Crippen LogP contribution in [-0.4, -0.2) is 75.5 Å². The molecular formula is C46H77NO7. The Labute approximate surface area is 330 Å². The van der Waals surface area contributed by atoms with Crippen LogP contribution in [0.25, 0.3) is 0 Å². The maximum absolute atomic E-state index is 12.7. The summed E-state index contributed by atoms with van der Waals surface area (Å²) in [5.41, 5.74) is 0. The number of carboxylic acids is 1. The van der Waals surface area contributed by atoms with Crippen molar-refractivity contribution >= 4 is 17.9 Å². The van der Waals surface area contributed by atoms with Crippen LogP contribution in [0.2, 0.25) is 0 Å². The van der Waals surface area contributed by atoms with E-state index in [0.29, 0.717) is 12.8 Å². The van der Waals surface area contributed by atoms with E-state index in [1.165, 1.54) is 38.5 Å². The van der Waals surface area contributed by atoms with Crippen molar-refractivity contribution in [1.29, 1.82) is 0 Å². The Kier molecular flexibility index (Phi) is 34.5. The molecule has 0 aromatic heterocycles. The molecule has 0 bridgehead atoms. The van der Waals surface area contributed by atoms with Gasteiger partial charge in [0.05, 0.1) is 40.3 Å². The zero-order valence-electron chi connectivity index (χ0n) is 34.9. The molecular weight excluding hydrogens is 679 g/mol. The molecule has 0 saturated carbocycles. The van der Waals surface area contributed by atoms with Gasteiger partial charge in [-0.15, -0.1) is 0 Å². The van der Waals surface area contributed by atoms with Gasteiger partial charge >= 0.3 is 11.9 Å². The van der Waals surface area contributed by atoms with Crippen molar-refractivity contribution in [3.05, 3.63) is 72.9 Å². The van der Waals surface area contributed by atoms with Crippen LogP contribution >= 0.6 is 0 Å². The molecule has 8 nitrogen and oxygen atoms in total. The third-order valence-electron chi connectivity index (χ3n) is 8.83. The van der Waals surface area contributed by atoms with E-state index in [1.54, 1.807) is 21.1 Å². The Balaban J connectivity index is 4.52. The number of ether oxygens (including phenoxy) is 3. The highest BCUT2D eigenvalue weighted by atomic mass is 16.6. The molecule has 0 spiro atoms. The van der Waals surface area contributed by atoms with Gasteiger partial charge in [-0.2, -0.15) is 0 Å². The number of unbranched alkanes of at least 4 members (excludes halogenated alkanes) is 10. The predicted molar refractivity (Wildman–Crippen MR) is 222 cm³/mol. The fourth-order valence-electron chi connectivity index (χ4n) is 5.57. The molecule has 0 fully saturated rings. The van der Waals surface area contributed by atoms with Crippen LogP contribution in [-0.2, 0) is 28.6 Å². The number of aliphatic carboxylic acids is 1. The molecule has 0 heterocycles. The largest absolute Gasteiger partial charge is 0.544 e. The minimum Gasteiger partial charge on any atom is -0.544 e. The quantitative estimate of drug-likeness (QED) is 0.0272. The summed E-state index contributed by atoms with van der Waals surface area (Å²) < 4.78 is 17.0. The summed E-state index contributed by atoms with van der Waals surface area (Å²) in [5.74, 6) is -1.84. The van der Waals surface area contributed by atoms with Gasteiger partial charge in [0, 0.05) is 19.3 Å². The lowest BCUT2D eigenvalue weighted by Crippen LogP contribution is -2.55. The average Bonchev–Trinajstić information content (AvgIpc) is 3.12. The molecule has 0 aromatic carbocycles. The van der Waals surface area contributed by atoms with Crippen molar-refractivity contribution in [1.82, 2.24) is 0 Å². The first-order chi connectivity index (χ1) is 26.1. The number of esters is 2. The van der Waals surface area contributed by atoms with Crippen LogP contribution in [0.1, 0.15) is 149 Å².